The van der Waals surface area contributed by atoms with Crippen molar-refractivity contribution in [1.29, 1.82) is 0 Å². The van der Waals surface area contributed by atoms with E-state index in [9.17, 15) is 9.59 Å². The molecule has 2 amide bonds. The van der Waals surface area contributed by atoms with Gasteiger partial charge in [0.1, 0.15) is 16.5 Å². The monoisotopic (exact) mass is 449 g/mol. The molecular weight excluding hydrogens is 430 g/mol. The lowest BCUT2D eigenvalue weighted by molar-refractivity contribution is -0.125. The summed E-state index contributed by atoms with van der Waals surface area (Å²) in [5.41, 5.74) is 1.68. The van der Waals surface area contributed by atoms with E-state index in [-0.39, 0.29) is 16.7 Å². The Morgan fingerprint density at radius 1 is 1.23 bits per heavy atom. The number of hydrogen-bond donors (Lipinski definition) is 1. The Bertz CT molecular complexity index is 1230. The van der Waals surface area contributed by atoms with Crippen LogP contribution in [0.3, 0.4) is 0 Å². The smallest absolute Gasteiger partial charge is 0.274 e. The van der Waals surface area contributed by atoms with Crippen LogP contribution in [-0.2, 0) is 9.59 Å². The van der Waals surface area contributed by atoms with E-state index in [1.165, 1.54) is 23.6 Å². The summed E-state index contributed by atoms with van der Waals surface area (Å²) < 4.78 is 5.61. The second-order valence-corrected chi connectivity index (χ2v) is 8.18. The van der Waals surface area contributed by atoms with E-state index in [1.54, 1.807) is 6.08 Å². The van der Waals surface area contributed by atoms with Crippen molar-refractivity contribution in [2.75, 3.05) is 6.61 Å². The average molecular weight is 450 g/mol. The van der Waals surface area contributed by atoms with Crippen molar-refractivity contribution in [3.8, 4) is 5.75 Å². The van der Waals surface area contributed by atoms with Gasteiger partial charge in [0.05, 0.1) is 12.1 Å². The Hall–Kier alpha value is -3.23. The maximum atomic E-state index is 12.5. The molecular formula is C23H19N3O3S2. The summed E-state index contributed by atoms with van der Waals surface area (Å²) in [4.78, 5) is 31.6. The Morgan fingerprint density at radius 2 is 2.00 bits per heavy atom. The highest BCUT2D eigenvalue weighted by Crippen LogP contribution is 2.34. The lowest BCUT2D eigenvalue weighted by Crippen LogP contribution is -2.31. The number of amides is 2. The predicted octanol–water partition coefficient (Wildman–Crippen LogP) is 4.39. The fourth-order valence-corrected chi connectivity index (χ4v) is 4.43. The molecule has 3 aromatic rings. The van der Waals surface area contributed by atoms with Gasteiger partial charge in [0.25, 0.3) is 5.91 Å². The third kappa shape index (κ3) is 4.45. The van der Waals surface area contributed by atoms with E-state index in [4.69, 9.17) is 21.9 Å². The number of carbonyl (C=O) groups is 2. The lowest BCUT2D eigenvalue weighted by Gasteiger charge is -2.14. The number of pyridine rings is 1. The van der Waals surface area contributed by atoms with Crippen LogP contribution in [0, 0.1) is 0 Å². The van der Waals surface area contributed by atoms with Gasteiger partial charge in [0.2, 0.25) is 5.91 Å². The highest BCUT2D eigenvalue weighted by molar-refractivity contribution is 7.99. The Morgan fingerprint density at radius 3 is 2.71 bits per heavy atom. The van der Waals surface area contributed by atoms with Gasteiger partial charge in [-0.05, 0) is 61.6 Å². The number of nitrogens with zero attached hydrogens (tertiary/aromatic N) is 2. The summed E-state index contributed by atoms with van der Waals surface area (Å²) in [5, 5.41) is 4.19. The van der Waals surface area contributed by atoms with Gasteiger partial charge in [-0.1, -0.05) is 30.0 Å². The van der Waals surface area contributed by atoms with Crippen molar-refractivity contribution in [1.82, 2.24) is 15.2 Å². The van der Waals surface area contributed by atoms with Crippen LogP contribution >= 0.6 is 24.0 Å². The molecule has 156 valence electrons. The number of carbonyl (C=O) groups excluding carboxylic acids is 2. The standard InChI is InChI=1S/C23H19N3O3S2/c1-3-29-17-9-10-19-15(12-17)11-16(22(24-19)31-18-7-5-4-6-8-18)13-20-21(28)25-23(30)26(20)14(2)27/h4-13H,3H2,1-2H3,(H,25,28,30)/b20-13-. The van der Waals surface area contributed by atoms with Crippen LogP contribution in [-0.4, -0.2) is 33.4 Å². The highest BCUT2D eigenvalue weighted by Gasteiger charge is 2.33. The molecule has 8 heteroatoms. The van der Waals surface area contributed by atoms with Crippen molar-refractivity contribution in [3.63, 3.8) is 0 Å². The lowest BCUT2D eigenvalue weighted by atomic mass is 10.1. The third-order valence-electron chi connectivity index (χ3n) is 4.55. The number of fused-ring (bicyclic) bond motifs is 1. The fourth-order valence-electron chi connectivity index (χ4n) is 3.21. The maximum absolute atomic E-state index is 12.5. The SMILES string of the molecule is CCOc1ccc2nc(Sc3ccccc3)c(/C=C3/C(=O)NC(=S)N3C(C)=O)cc2c1. The van der Waals surface area contributed by atoms with Gasteiger partial charge in [0, 0.05) is 22.8 Å². The number of thiocarbonyl (C=S) groups is 1. The molecule has 2 aromatic carbocycles. The van der Waals surface area contributed by atoms with Gasteiger partial charge in [0.15, 0.2) is 5.11 Å². The molecule has 0 bridgehead atoms. The van der Waals surface area contributed by atoms with Gasteiger partial charge in [-0.15, -0.1) is 0 Å². The van der Waals surface area contributed by atoms with Gasteiger partial charge in [-0.25, -0.2) is 4.98 Å². The summed E-state index contributed by atoms with van der Waals surface area (Å²) >= 11 is 6.63. The summed E-state index contributed by atoms with van der Waals surface area (Å²) in [7, 11) is 0. The molecule has 0 spiro atoms. The van der Waals surface area contributed by atoms with Crippen molar-refractivity contribution in [2.45, 2.75) is 23.8 Å². The van der Waals surface area contributed by atoms with Crippen LogP contribution in [0.25, 0.3) is 17.0 Å². The van der Waals surface area contributed by atoms with E-state index >= 15 is 0 Å². The zero-order valence-electron chi connectivity index (χ0n) is 16.9. The quantitative estimate of drug-likeness (QED) is 0.460. The molecule has 4 rings (SSSR count). The first-order valence-electron chi connectivity index (χ1n) is 9.64. The van der Waals surface area contributed by atoms with E-state index in [0.29, 0.717) is 17.2 Å². The Kier molecular flexibility index (Phi) is 6.01. The molecule has 1 aliphatic rings. The van der Waals surface area contributed by atoms with Crippen molar-refractivity contribution in [2.24, 2.45) is 0 Å². The average Bonchev–Trinajstić information content (AvgIpc) is 3.02. The molecule has 1 aliphatic heterocycles. The van der Waals surface area contributed by atoms with Crippen LogP contribution in [0.15, 0.2) is 70.2 Å². The van der Waals surface area contributed by atoms with Gasteiger partial charge < -0.3 is 4.74 Å². The molecule has 2 heterocycles. The van der Waals surface area contributed by atoms with Gasteiger partial charge in [-0.2, -0.15) is 0 Å². The molecule has 1 fully saturated rings. The number of rotatable bonds is 5. The molecule has 0 unspecified atom stereocenters. The van der Waals surface area contributed by atoms with Crippen LogP contribution in [0.2, 0.25) is 0 Å². The zero-order valence-corrected chi connectivity index (χ0v) is 18.5. The van der Waals surface area contributed by atoms with Crippen LogP contribution in [0.4, 0.5) is 0 Å². The second kappa shape index (κ2) is 8.87. The first-order valence-corrected chi connectivity index (χ1v) is 10.9. The number of hydrogen-bond acceptors (Lipinski definition) is 6. The number of ether oxygens (including phenoxy) is 1. The number of aromatic nitrogens is 1. The normalized spacial score (nSPS) is 14.9. The summed E-state index contributed by atoms with van der Waals surface area (Å²) in [6, 6.07) is 17.5. The molecule has 0 saturated carbocycles. The predicted molar refractivity (Wildman–Crippen MR) is 125 cm³/mol. The molecule has 31 heavy (non-hydrogen) atoms. The van der Waals surface area contributed by atoms with E-state index in [1.807, 2.05) is 61.5 Å². The molecule has 0 atom stereocenters. The molecule has 6 nitrogen and oxygen atoms in total. The first kappa shape index (κ1) is 21.0. The topological polar surface area (TPSA) is 71.5 Å². The summed E-state index contributed by atoms with van der Waals surface area (Å²) in [6.07, 6.45) is 1.65. The minimum absolute atomic E-state index is 0.0772. The minimum atomic E-state index is -0.418. The number of nitrogens with one attached hydrogen (secondary N) is 1. The largest absolute Gasteiger partial charge is 0.494 e. The molecule has 1 N–H and O–H groups in total. The minimum Gasteiger partial charge on any atom is -0.494 e. The molecule has 1 aromatic heterocycles. The third-order valence-corrected chi connectivity index (χ3v) is 5.86. The van der Waals surface area contributed by atoms with Crippen molar-refractivity contribution < 1.29 is 14.3 Å². The zero-order chi connectivity index (χ0) is 22.0. The van der Waals surface area contributed by atoms with Crippen LogP contribution in [0.1, 0.15) is 19.4 Å². The van der Waals surface area contributed by atoms with Gasteiger partial charge >= 0.3 is 0 Å². The summed E-state index contributed by atoms with van der Waals surface area (Å²) in [5.74, 6) is -0.0118. The van der Waals surface area contributed by atoms with Gasteiger partial charge in [-0.3, -0.25) is 19.8 Å². The van der Waals surface area contributed by atoms with Crippen LogP contribution < -0.4 is 10.1 Å². The molecule has 0 radical (unpaired) electrons. The Balaban J connectivity index is 1.87. The van der Waals surface area contributed by atoms with E-state index < -0.39 is 5.91 Å². The molecule has 1 saturated heterocycles. The maximum Gasteiger partial charge on any atom is 0.274 e. The van der Waals surface area contributed by atoms with Crippen LogP contribution in [0.5, 0.6) is 5.75 Å². The van der Waals surface area contributed by atoms with E-state index in [2.05, 4.69) is 5.32 Å². The fraction of sp³-hybridized carbons (Fsp3) is 0.130. The molecule has 0 aliphatic carbocycles. The van der Waals surface area contributed by atoms with Crippen molar-refractivity contribution in [3.05, 3.63) is 65.9 Å². The second-order valence-electron chi connectivity index (χ2n) is 6.73. The highest BCUT2D eigenvalue weighted by atomic mass is 32.2. The van der Waals surface area contributed by atoms with Crippen molar-refractivity contribution >= 4 is 57.9 Å². The summed E-state index contributed by atoms with van der Waals surface area (Å²) in [6.45, 7) is 3.85. The van der Waals surface area contributed by atoms with E-state index in [0.717, 1.165) is 21.5 Å². The first-order chi connectivity index (χ1) is 15.0. The Labute approximate surface area is 189 Å². The number of benzene rings is 2.